The van der Waals surface area contributed by atoms with Crippen molar-refractivity contribution in [3.8, 4) is 17.0 Å². The highest BCUT2D eigenvalue weighted by Gasteiger charge is 2.20. The summed E-state index contributed by atoms with van der Waals surface area (Å²) >= 11 is 0. The molecule has 0 bridgehead atoms. The minimum atomic E-state index is -0.571. The number of carbonyl (C=O) groups is 1. The van der Waals surface area contributed by atoms with Gasteiger partial charge >= 0.3 is 5.97 Å². The Kier molecular flexibility index (Phi) is 7.58. The molecule has 1 atom stereocenters. The van der Waals surface area contributed by atoms with Gasteiger partial charge in [0, 0.05) is 18.1 Å². The van der Waals surface area contributed by atoms with Crippen molar-refractivity contribution in [2.24, 2.45) is 5.16 Å². The van der Waals surface area contributed by atoms with Crippen molar-refractivity contribution in [1.29, 1.82) is 0 Å². The number of nitrogens with one attached hydrogen (secondary N) is 1. The van der Waals surface area contributed by atoms with Crippen LogP contribution in [-0.2, 0) is 16.0 Å². The Bertz CT molecular complexity index is 1230. The van der Waals surface area contributed by atoms with E-state index in [2.05, 4.69) is 20.4 Å². The quantitative estimate of drug-likeness (QED) is 0.224. The van der Waals surface area contributed by atoms with Crippen molar-refractivity contribution in [3.63, 3.8) is 0 Å². The highest BCUT2D eigenvalue weighted by molar-refractivity contribution is 5.81. The van der Waals surface area contributed by atoms with Crippen LogP contribution in [0, 0.1) is 0 Å². The SMILES string of the molecule is COC(=O)[C@H](Cc1ccccc1)Nc1cc(-c2ccc(C=NOc3ccccc3)cc2)ncn1. The minimum Gasteiger partial charge on any atom is -0.467 e. The topological polar surface area (TPSA) is 85.7 Å². The van der Waals surface area contributed by atoms with Crippen LogP contribution in [0.3, 0.4) is 0 Å². The molecule has 0 saturated carbocycles. The number of anilines is 1. The lowest BCUT2D eigenvalue weighted by Crippen LogP contribution is -2.33. The zero-order valence-corrected chi connectivity index (χ0v) is 18.7. The summed E-state index contributed by atoms with van der Waals surface area (Å²) in [6, 6.07) is 28.1. The lowest BCUT2D eigenvalue weighted by Gasteiger charge is -2.17. The maximum atomic E-state index is 12.3. The van der Waals surface area contributed by atoms with Gasteiger partial charge in [-0.05, 0) is 23.3 Å². The van der Waals surface area contributed by atoms with Crippen LogP contribution in [0.4, 0.5) is 5.82 Å². The monoisotopic (exact) mass is 452 g/mol. The smallest absolute Gasteiger partial charge is 0.328 e. The largest absolute Gasteiger partial charge is 0.467 e. The minimum absolute atomic E-state index is 0.356. The van der Waals surface area contributed by atoms with Crippen LogP contribution in [0.2, 0.25) is 0 Å². The average molecular weight is 453 g/mol. The summed E-state index contributed by atoms with van der Waals surface area (Å²) in [5.41, 5.74) is 3.54. The summed E-state index contributed by atoms with van der Waals surface area (Å²) in [4.78, 5) is 26.3. The third-order valence-electron chi connectivity index (χ3n) is 5.07. The maximum absolute atomic E-state index is 12.3. The average Bonchev–Trinajstić information content (AvgIpc) is 2.90. The fourth-order valence-electron chi connectivity index (χ4n) is 3.33. The number of para-hydroxylation sites is 1. The van der Waals surface area contributed by atoms with Crippen molar-refractivity contribution < 1.29 is 14.4 Å². The van der Waals surface area contributed by atoms with E-state index in [1.54, 1.807) is 6.21 Å². The van der Waals surface area contributed by atoms with E-state index in [1.165, 1.54) is 13.4 Å². The molecule has 0 aliphatic heterocycles. The highest BCUT2D eigenvalue weighted by atomic mass is 16.6. The number of carbonyl (C=O) groups excluding carboxylic acids is 1. The highest BCUT2D eigenvalue weighted by Crippen LogP contribution is 2.20. The number of hydrogen-bond donors (Lipinski definition) is 1. The van der Waals surface area contributed by atoms with E-state index < -0.39 is 6.04 Å². The number of aromatic nitrogens is 2. The van der Waals surface area contributed by atoms with Crippen LogP contribution in [0.25, 0.3) is 11.3 Å². The predicted molar refractivity (Wildman–Crippen MR) is 132 cm³/mol. The Labute approximate surface area is 198 Å². The van der Waals surface area contributed by atoms with Crippen LogP contribution in [0.1, 0.15) is 11.1 Å². The second-order valence-electron chi connectivity index (χ2n) is 7.46. The molecule has 0 aliphatic carbocycles. The summed E-state index contributed by atoms with van der Waals surface area (Å²) in [7, 11) is 1.38. The normalized spacial score (nSPS) is 11.7. The van der Waals surface area contributed by atoms with Gasteiger partial charge in [0.2, 0.25) is 0 Å². The van der Waals surface area contributed by atoms with Gasteiger partial charge < -0.3 is 14.9 Å². The fraction of sp³-hybridized carbons (Fsp3) is 0.111. The molecule has 170 valence electrons. The second-order valence-corrected chi connectivity index (χ2v) is 7.46. The number of nitrogens with zero attached hydrogens (tertiary/aromatic N) is 3. The lowest BCUT2D eigenvalue weighted by atomic mass is 10.1. The molecule has 0 amide bonds. The molecule has 0 spiro atoms. The summed E-state index contributed by atoms with van der Waals surface area (Å²) in [5.74, 6) is 0.859. The van der Waals surface area contributed by atoms with Gasteiger partial charge in [-0.2, -0.15) is 0 Å². The first-order valence-electron chi connectivity index (χ1n) is 10.8. The fourth-order valence-corrected chi connectivity index (χ4v) is 3.33. The zero-order chi connectivity index (χ0) is 23.6. The number of benzene rings is 3. The molecule has 1 aromatic heterocycles. The van der Waals surface area contributed by atoms with Crippen LogP contribution in [0.5, 0.6) is 5.75 Å². The maximum Gasteiger partial charge on any atom is 0.328 e. The summed E-state index contributed by atoms with van der Waals surface area (Å²) in [6.45, 7) is 0. The van der Waals surface area contributed by atoms with Gasteiger partial charge in [-0.15, -0.1) is 0 Å². The molecule has 0 saturated heterocycles. The van der Waals surface area contributed by atoms with Gasteiger partial charge in [0.05, 0.1) is 19.0 Å². The van der Waals surface area contributed by atoms with Crippen molar-refractivity contribution in [2.45, 2.75) is 12.5 Å². The molecule has 0 unspecified atom stereocenters. The van der Waals surface area contributed by atoms with E-state index in [4.69, 9.17) is 9.57 Å². The molecule has 1 N–H and O–H groups in total. The molecule has 0 radical (unpaired) electrons. The molecule has 4 aromatic rings. The molecule has 34 heavy (non-hydrogen) atoms. The Morgan fingerprint density at radius 3 is 2.38 bits per heavy atom. The number of esters is 1. The van der Waals surface area contributed by atoms with Gasteiger partial charge in [-0.25, -0.2) is 14.8 Å². The molecule has 7 nitrogen and oxygen atoms in total. The van der Waals surface area contributed by atoms with E-state index in [0.29, 0.717) is 18.0 Å². The van der Waals surface area contributed by atoms with Crippen molar-refractivity contribution in [3.05, 3.63) is 108 Å². The molecule has 4 rings (SSSR count). The van der Waals surface area contributed by atoms with E-state index >= 15 is 0 Å². The third-order valence-corrected chi connectivity index (χ3v) is 5.07. The Morgan fingerprint density at radius 1 is 0.971 bits per heavy atom. The van der Waals surface area contributed by atoms with Crippen LogP contribution in [-0.4, -0.2) is 35.3 Å². The molecule has 3 aromatic carbocycles. The van der Waals surface area contributed by atoms with Gasteiger partial charge in [-0.1, -0.05) is 78.0 Å². The van der Waals surface area contributed by atoms with Crippen LogP contribution < -0.4 is 10.2 Å². The Morgan fingerprint density at radius 2 is 1.68 bits per heavy atom. The summed E-state index contributed by atoms with van der Waals surface area (Å²) in [5, 5.41) is 7.20. The Balaban J connectivity index is 1.44. The third kappa shape index (κ3) is 6.26. The van der Waals surface area contributed by atoms with E-state index in [1.807, 2.05) is 91.0 Å². The van der Waals surface area contributed by atoms with Gasteiger partial charge in [-0.3, -0.25) is 0 Å². The van der Waals surface area contributed by atoms with Crippen LogP contribution in [0.15, 0.2) is 102 Å². The lowest BCUT2D eigenvalue weighted by molar-refractivity contribution is -0.141. The molecular formula is C27H24N4O3. The molecule has 7 heteroatoms. The number of oxime groups is 1. The Hall–Kier alpha value is -4.52. The second kappa shape index (κ2) is 11.4. The molecule has 0 aliphatic rings. The van der Waals surface area contributed by atoms with Crippen molar-refractivity contribution in [1.82, 2.24) is 9.97 Å². The summed E-state index contributed by atoms with van der Waals surface area (Å²) < 4.78 is 4.98. The molecule has 1 heterocycles. The van der Waals surface area contributed by atoms with Crippen LogP contribution >= 0.6 is 0 Å². The first kappa shape index (κ1) is 22.7. The number of hydrogen-bond acceptors (Lipinski definition) is 7. The van der Waals surface area contributed by atoms with E-state index in [9.17, 15) is 4.79 Å². The predicted octanol–water partition coefficient (Wildman–Crippen LogP) is 4.75. The first-order valence-corrected chi connectivity index (χ1v) is 10.8. The van der Waals surface area contributed by atoms with Gasteiger partial charge in [0.1, 0.15) is 18.2 Å². The van der Waals surface area contributed by atoms with E-state index in [-0.39, 0.29) is 5.97 Å². The van der Waals surface area contributed by atoms with Crippen molar-refractivity contribution in [2.75, 3.05) is 12.4 Å². The molecule has 0 fully saturated rings. The van der Waals surface area contributed by atoms with E-state index in [0.717, 1.165) is 22.4 Å². The number of rotatable bonds is 9. The number of ether oxygens (including phenoxy) is 1. The van der Waals surface area contributed by atoms with Gasteiger partial charge in [0.15, 0.2) is 5.75 Å². The van der Waals surface area contributed by atoms with Gasteiger partial charge in [0.25, 0.3) is 0 Å². The summed E-state index contributed by atoms with van der Waals surface area (Å²) in [6.07, 6.45) is 3.60. The standard InChI is InChI=1S/C27H24N4O3/c1-33-27(32)25(16-20-8-4-2-5-9-20)31-26-17-24(28-19-29-26)22-14-12-21(13-15-22)18-30-34-23-10-6-3-7-11-23/h2-15,17-19,25H,16H2,1H3,(H,28,29,31)/t25-/m0/s1. The zero-order valence-electron chi connectivity index (χ0n) is 18.7. The molecular weight excluding hydrogens is 428 g/mol. The first-order chi connectivity index (χ1) is 16.7. The number of methoxy groups -OCH3 is 1. The van der Waals surface area contributed by atoms with Crippen molar-refractivity contribution >= 4 is 18.0 Å².